The third-order valence-electron chi connectivity index (χ3n) is 4.02. The van der Waals surface area contributed by atoms with Crippen LogP contribution >= 0.6 is 0 Å². The van der Waals surface area contributed by atoms with Gasteiger partial charge in [0.15, 0.2) is 6.23 Å². The van der Waals surface area contributed by atoms with Gasteiger partial charge in [-0.15, -0.1) is 0 Å². The maximum Gasteiger partial charge on any atom is 0.413 e. The van der Waals surface area contributed by atoms with Crippen molar-refractivity contribution in [2.24, 2.45) is 5.41 Å². The highest BCUT2D eigenvalue weighted by atomic mass is 16.6. The van der Waals surface area contributed by atoms with Gasteiger partial charge >= 0.3 is 18.0 Å². The number of hydrogen-bond donors (Lipinski definition) is 0. The van der Waals surface area contributed by atoms with Gasteiger partial charge in [0.2, 0.25) is 0 Å². The highest BCUT2D eigenvalue weighted by Gasteiger charge is 2.56. The maximum atomic E-state index is 12.7. The van der Waals surface area contributed by atoms with Crippen molar-refractivity contribution in [2.75, 3.05) is 7.11 Å². The Morgan fingerprint density at radius 1 is 1.25 bits per heavy atom. The quantitative estimate of drug-likeness (QED) is 0.576. The molecule has 0 radical (unpaired) electrons. The molecule has 0 aromatic carbocycles. The number of rotatable bonds is 4. The first kappa shape index (κ1) is 20.3. The first-order valence-corrected chi connectivity index (χ1v) is 8.21. The van der Waals surface area contributed by atoms with Gasteiger partial charge in [0.05, 0.1) is 7.11 Å². The van der Waals surface area contributed by atoms with E-state index in [-0.39, 0.29) is 0 Å². The van der Waals surface area contributed by atoms with E-state index in [4.69, 9.17) is 14.2 Å². The number of amides is 1. The van der Waals surface area contributed by atoms with Crippen LogP contribution in [0, 0.1) is 5.41 Å². The van der Waals surface area contributed by atoms with E-state index in [0.29, 0.717) is 12.8 Å². The molecule has 0 spiro atoms. The van der Waals surface area contributed by atoms with Gasteiger partial charge in [0, 0.05) is 12.3 Å². The first-order valence-electron chi connectivity index (χ1n) is 8.21. The number of nitrogens with zero attached hydrogens (tertiary/aromatic N) is 1. The summed E-state index contributed by atoms with van der Waals surface area (Å²) in [5.74, 6) is -1.06. The van der Waals surface area contributed by atoms with Gasteiger partial charge in [-0.2, -0.15) is 0 Å². The standard InChI is InChI=1S/C17H29NO6/c1-8-9-17(6)10-12(13(20)22-7)18(14(17)23-11(2)19)15(21)24-16(3,4)5/h12,14H,8-10H2,1-7H3/t12-,14?,17-/m0/s1. The molecular weight excluding hydrogens is 314 g/mol. The smallest absolute Gasteiger partial charge is 0.413 e. The van der Waals surface area contributed by atoms with E-state index in [1.54, 1.807) is 20.8 Å². The Labute approximate surface area is 143 Å². The second kappa shape index (κ2) is 7.40. The number of esters is 2. The molecule has 7 heteroatoms. The van der Waals surface area contributed by atoms with E-state index in [1.165, 1.54) is 18.9 Å². The highest BCUT2D eigenvalue weighted by molar-refractivity contribution is 5.83. The van der Waals surface area contributed by atoms with E-state index in [9.17, 15) is 14.4 Å². The zero-order chi connectivity index (χ0) is 18.7. The number of carbonyl (C=O) groups is 3. The van der Waals surface area contributed by atoms with Crippen LogP contribution < -0.4 is 0 Å². The highest BCUT2D eigenvalue weighted by Crippen LogP contribution is 2.45. The minimum atomic E-state index is -0.867. The van der Waals surface area contributed by atoms with Gasteiger partial charge in [0.1, 0.15) is 11.6 Å². The van der Waals surface area contributed by atoms with Crippen LogP contribution in [0.5, 0.6) is 0 Å². The molecule has 1 heterocycles. The lowest BCUT2D eigenvalue weighted by Gasteiger charge is -2.35. The second-order valence-corrected chi connectivity index (χ2v) is 7.50. The number of likely N-dealkylation sites (tertiary alicyclic amines) is 1. The number of ether oxygens (including phenoxy) is 3. The van der Waals surface area contributed by atoms with Crippen molar-refractivity contribution in [3.05, 3.63) is 0 Å². The van der Waals surface area contributed by atoms with Crippen LogP contribution in [0.25, 0.3) is 0 Å². The lowest BCUT2D eigenvalue weighted by molar-refractivity contribution is -0.166. The molecule has 1 fully saturated rings. The predicted molar refractivity (Wildman–Crippen MR) is 87.1 cm³/mol. The van der Waals surface area contributed by atoms with Gasteiger partial charge in [-0.05, 0) is 33.6 Å². The fraction of sp³-hybridized carbons (Fsp3) is 0.824. The third kappa shape index (κ3) is 4.61. The first-order chi connectivity index (χ1) is 10.9. The molecule has 1 aliphatic rings. The summed E-state index contributed by atoms with van der Waals surface area (Å²) in [6, 6.07) is -0.842. The van der Waals surface area contributed by atoms with Gasteiger partial charge < -0.3 is 14.2 Å². The van der Waals surface area contributed by atoms with Crippen molar-refractivity contribution in [3.8, 4) is 0 Å². The normalized spacial score (nSPS) is 26.9. The maximum absolute atomic E-state index is 12.7. The molecule has 0 saturated carbocycles. The van der Waals surface area contributed by atoms with Crippen molar-refractivity contribution >= 4 is 18.0 Å². The molecule has 1 saturated heterocycles. The Hall–Kier alpha value is -1.79. The molecule has 0 aromatic heterocycles. The molecule has 1 unspecified atom stereocenters. The van der Waals surface area contributed by atoms with E-state index < -0.39 is 41.3 Å². The molecule has 7 nitrogen and oxygen atoms in total. The van der Waals surface area contributed by atoms with Gasteiger partial charge in [-0.25, -0.2) is 9.59 Å². The van der Waals surface area contributed by atoms with Gasteiger partial charge in [-0.3, -0.25) is 9.69 Å². The minimum absolute atomic E-state index is 0.352. The Morgan fingerprint density at radius 2 is 1.83 bits per heavy atom. The molecule has 1 rings (SSSR count). The van der Waals surface area contributed by atoms with E-state index >= 15 is 0 Å². The molecule has 138 valence electrons. The molecule has 1 aliphatic heterocycles. The van der Waals surface area contributed by atoms with Crippen molar-refractivity contribution in [3.63, 3.8) is 0 Å². The van der Waals surface area contributed by atoms with Gasteiger partial charge in [-0.1, -0.05) is 20.3 Å². The molecule has 24 heavy (non-hydrogen) atoms. The number of carbonyl (C=O) groups excluding carboxylic acids is 3. The van der Waals surface area contributed by atoms with Crippen molar-refractivity contribution < 1.29 is 28.6 Å². The Morgan fingerprint density at radius 3 is 2.25 bits per heavy atom. The summed E-state index contributed by atoms with van der Waals surface area (Å²) in [7, 11) is 1.27. The summed E-state index contributed by atoms with van der Waals surface area (Å²) in [6.07, 6.45) is 0.310. The summed E-state index contributed by atoms with van der Waals surface area (Å²) < 4.78 is 15.7. The Balaban J connectivity index is 3.27. The molecule has 3 atom stereocenters. The molecule has 0 aliphatic carbocycles. The molecule has 0 bridgehead atoms. The zero-order valence-corrected chi connectivity index (χ0v) is 15.7. The summed E-state index contributed by atoms with van der Waals surface area (Å²) in [6.45, 7) is 10.4. The van der Waals surface area contributed by atoms with Crippen LogP contribution in [-0.4, -0.2) is 47.9 Å². The van der Waals surface area contributed by atoms with Crippen molar-refractivity contribution in [2.45, 2.75) is 78.7 Å². The van der Waals surface area contributed by atoms with Crippen molar-refractivity contribution in [1.29, 1.82) is 0 Å². The largest absolute Gasteiger partial charge is 0.467 e. The Bertz CT molecular complexity index is 498. The monoisotopic (exact) mass is 343 g/mol. The zero-order valence-electron chi connectivity index (χ0n) is 15.7. The summed E-state index contributed by atoms with van der Waals surface area (Å²) in [5, 5.41) is 0. The van der Waals surface area contributed by atoms with E-state index in [1.807, 2.05) is 13.8 Å². The predicted octanol–water partition coefficient (Wildman–Crippen LogP) is 2.86. The molecule has 1 amide bonds. The molecular formula is C17H29NO6. The summed E-state index contributed by atoms with van der Waals surface area (Å²) in [4.78, 5) is 37.7. The molecule has 0 N–H and O–H groups in total. The average molecular weight is 343 g/mol. The van der Waals surface area contributed by atoms with Crippen molar-refractivity contribution in [1.82, 2.24) is 4.90 Å². The fourth-order valence-corrected chi connectivity index (χ4v) is 3.16. The van der Waals surface area contributed by atoms with E-state index in [0.717, 1.165) is 6.42 Å². The summed E-state index contributed by atoms with van der Waals surface area (Å²) in [5.41, 5.74) is -1.28. The fourth-order valence-electron chi connectivity index (χ4n) is 3.16. The number of methoxy groups -OCH3 is 1. The SMILES string of the molecule is CCC[C@@]1(C)C[C@@H](C(=O)OC)N(C(=O)OC(C)(C)C)C1OC(C)=O. The summed E-state index contributed by atoms with van der Waals surface area (Å²) >= 11 is 0. The molecule has 0 aromatic rings. The minimum Gasteiger partial charge on any atom is -0.467 e. The Kier molecular flexibility index (Phi) is 6.25. The van der Waals surface area contributed by atoms with Gasteiger partial charge in [0.25, 0.3) is 0 Å². The van der Waals surface area contributed by atoms with Crippen LogP contribution in [0.4, 0.5) is 4.79 Å². The van der Waals surface area contributed by atoms with Crippen LogP contribution in [0.3, 0.4) is 0 Å². The van der Waals surface area contributed by atoms with Crippen LogP contribution in [-0.2, 0) is 23.8 Å². The number of hydrogen-bond acceptors (Lipinski definition) is 6. The average Bonchev–Trinajstić information content (AvgIpc) is 2.69. The lowest BCUT2D eigenvalue weighted by atomic mass is 9.82. The van der Waals surface area contributed by atoms with Crippen LogP contribution in [0.1, 0.15) is 60.8 Å². The topological polar surface area (TPSA) is 82.1 Å². The lowest BCUT2D eigenvalue weighted by Crippen LogP contribution is -2.50. The second-order valence-electron chi connectivity index (χ2n) is 7.50. The van der Waals surface area contributed by atoms with E-state index in [2.05, 4.69) is 0 Å². The van der Waals surface area contributed by atoms with Crippen LogP contribution in [0.2, 0.25) is 0 Å². The third-order valence-corrected chi connectivity index (χ3v) is 4.02. The van der Waals surface area contributed by atoms with Crippen LogP contribution in [0.15, 0.2) is 0 Å².